The van der Waals surface area contributed by atoms with Gasteiger partial charge in [-0.25, -0.2) is 12.8 Å². The molecule has 3 aromatic rings. The Morgan fingerprint density at radius 2 is 1.69 bits per heavy atom. The zero-order valence-corrected chi connectivity index (χ0v) is 19.4. The van der Waals surface area contributed by atoms with Crippen molar-refractivity contribution in [1.29, 1.82) is 0 Å². The molecule has 1 aliphatic rings. The van der Waals surface area contributed by atoms with E-state index >= 15 is 4.39 Å². The highest BCUT2D eigenvalue weighted by Crippen LogP contribution is 2.31. The number of aryl methyl sites for hydroxylation is 1. The summed E-state index contributed by atoms with van der Waals surface area (Å²) in [5.74, 6) is 0.866. The van der Waals surface area contributed by atoms with E-state index in [1.807, 2.05) is 4.90 Å². The van der Waals surface area contributed by atoms with Crippen LogP contribution >= 0.6 is 0 Å². The Morgan fingerprint density at radius 1 is 1.06 bits per heavy atom. The largest absolute Gasteiger partial charge is 0.497 e. The maximum absolute atomic E-state index is 15.2. The van der Waals surface area contributed by atoms with Crippen LogP contribution in [0.2, 0.25) is 0 Å². The third-order valence-electron chi connectivity index (χ3n) is 6.09. The molecule has 0 N–H and O–H groups in total. The van der Waals surface area contributed by atoms with Crippen molar-refractivity contribution < 1.29 is 17.5 Å². The molecule has 170 valence electrons. The Kier molecular flexibility index (Phi) is 5.75. The van der Waals surface area contributed by atoms with Gasteiger partial charge >= 0.3 is 0 Å². The van der Waals surface area contributed by atoms with Gasteiger partial charge in [-0.2, -0.15) is 0 Å². The van der Waals surface area contributed by atoms with E-state index in [1.165, 1.54) is 43.6 Å². The lowest BCUT2D eigenvalue weighted by atomic mass is 9.91. The molecule has 0 spiro atoms. The zero-order valence-electron chi connectivity index (χ0n) is 18.6. The molecule has 8 heteroatoms. The Bertz CT molecular complexity index is 1320. The number of nitrogens with zero attached hydrogens (tertiary/aromatic N) is 2. The van der Waals surface area contributed by atoms with Gasteiger partial charge in [-0.15, -0.1) is 0 Å². The molecule has 1 saturated heterocycles. The summed E-state index contributed by atoms with van der Waals surface area (Å²) in [6, 6.07) is 8.64. The van der Waals surface area contributed by atoms with Crippen molar-refractivity contribution in [2.24, 2.45) is 18.9 Å². The zero-order chi connectivity index (χ0) is 23.2. The van der Waals surface area contributed by atoms with Crippen LogP contribution in [0.5, 0.6) is 5.75 Å². The number of benzene rings is 2. The van der Waals surface area contributed by atoms with Crippen LogP contribution < -0.4 is 15.1 Å². The fraction of sp³-hybridized carbons (Fsp3) is 0.375. The van der Waals surface area contributed by atoms with E-state index in [4.69, 9.17) is 4.74 Å². The van der Waals surface area contributed by atoms with Crippen LogP contribution in [0.1, 0.15) is 20.3 Å². The molecule has 0 aliphatic carbocycles. The number of fused-ring (bicyclic) bond motifs is 1. The third-order valence-corrected chi connectivity index (χ3v) is 7.86. The van der Waals surface area contributed by atoms with Gasteiger partial charge in [0, 0.05) is 26.3 Å². The van der Waals surface area contributed by atoms with Crippen LogP contribution in [0.3, 0.4) is 0 Å². The van der Waals surface area contributed by atoms with E-state index in [0.29, 0.717) is 28.8 Å². The van der Waals surface area contributed by atoms with Crippen LogP contribution in [0.25, 0.3) is 10.9 Å². The minimum absolute atomic E-state index is 0.0249. The highest BCUT2D eigenvalue weighted by molar-refractivity contribution is 7.91. The molecule has 0 bridgehead atoms. The lowest BCUT2D eigenvalue weighted by Crippen LogP contribution is -2.39. The van der Waals surface area contributed by atoms with E-state index in [0.717, 1.165) is 19.5 Å². The summed E-state index contributed by atoms with van der Waals surface area (Å²) in [4.78, 5) is 14.8. The average Bonchev–Trinajstić information content (AvgIpc) is 2.75. The lowest BCUT2D eigenvalue weighted by molar-refractivity contribution is 0.354. The summed E-state index contributed by atoms with van der Waals surface area (Å²) in [5.41, 5.74) is 0.224. The van der Waals surface area contributed by atoms with Crippen LogP contribution in [0, 0.1) is 17.7 Å². The Hall–Kier alpha value is -2.87. The first-order valence-electron chi connectivity index (χ1n) is 10.6. The highest BCUT2D eigenvalue weighted by Gasteiger charge is 2.27. The van der Waals surface area contributed by atoms with E-state index in [9.17, 15) is 13.2 Å². The maximum Gasteiger partial charge on any atom is 0.211 e. The molecule has 4 rings (SSSR count). The summed E-state index contributed by atoms with van der Waals surface area (Å²) in [7, 11) is -0.941. The number of anilines is 1. The topological polar surface area (TPSA) is 68.6 Å². The van der Waals surface area contributed by atoms with Crippen LogP contribution in [0.4, 0.5) is 10.1 Å². The summed E-state index contributed by atoms with van der Waals surface area (Å²) in [5, 5.41) is 0.0430. The predicted octanol–water partition coefficient (Wildman–Crippen LogP) is 4.00. The summed E-state index contributed by atoms with van der Waals surface area (Å²) in [6.45, 7) is 5.77. The fourth-order valence-corrected chi connectivity index (χ4v) is 6.04. The van der Waals surface area contributed by atoms with Crippen molar-refractivity contribution >= 4 is 26.4 Å². The lowest BCUT2D eigenvalue weighted by Gasteiger charge is -2.36. The summed E-state index contributed by atoms with van der Waals surface area (Å²) in [6.07, 6.45) is 2.41. The third kappa shape index (κ3) is 3.88. The first-order chi connectivity index (χ1) is 15.1. The number of pyridine rings is 1. The van der Waals surface area contributed by atoms with E-state index in [2.05, 4.69) is 13.8 Å². The van der Waals surface area contributed by atoms with Gasteiger partial charge < -0.3 is 14.2 Å². The molecule has 1 fully saturated rings. The first-order valence-corrected chi connectivity index (χ1v) is 12.1. The number of rotatable bonds is 4. The van der Waals surface area contributed by atoms with Gasteiger partial charge in [-0.1, -0.05) is 13.8 Å². The molecule has 1 aromatic heterocycles. The molecule has 0 amide bonds. The molecule has 0 unspecified atom stereocenters. The van der Waals surface area contributed by atoms with Gasteiger partial charge in [-0.05, 0) is 54.7 Å². The molecule has 0 radical (unpaired) electrons. The number of sulfone groups is 1. The van der Waals surface area contributed by atoms with Gasteiger partial charge in [0.05, 0.1) is 28.6 Å². The number of ether oxygens (including phenoxy) is 1. The Morgan fingerprint density at radius 3 is 2.28 bits per heavy atom. The van der Waals surface area contributed by atoms with Crippen molar-refractivity contribution in [1.82, 2.24) is 4.57 Å². The number of hydrogen-bond donors (Lipinski definition) is 0. The SMILES string of the molecule is COc1ccc(S(=O)(=O)c2cn(C)c3cc(N4C[C@H](C)C[C@H](C)C4)c(F)cc3c2=O)cc1. The van der Waals surface area contributed by atoms with Gasteiger partial charge in [-0.3, -0.25) is 4.79 Å². The monoisotopic (exact) mass is 458 g/mol. The molecule has 0 saturated carbocycles. The number of methoxy groups -OCH3 is 1. The van der Waals surface area contributed by atoms with Gasteiger partial charge in [0.2, 0.25) is 15.3 Å². The number of halogens is 1. The molecule has 2 atom stereocenters. The van der Waals surface area contributed by atoms with Crippen molar-refractivity contribution in [3.8, 4) is 5.75 Å². The van der Waals surface area contributed by atoms with Crippen LogP contribution in [-0.2, 0) is 16.9 Å². The molecular weight excluding hydrogens is 431 g/mol. The quantitative estimate of drug-likeness (QED) is 0.591. The first kappa shape index (κ1) is 22.3. The molecule has 2 aromatic carbocycles. The summed E-state index contributed by atoms with van der Waals surface area (Å²) < 4.78 is 48.1. The summed E-state index contributed by atoms with van der Waals surface area (Å²) >= 11 is 0. The standard InChI is InChI=1S/C24H27FN2O4S/c1-15-9-16(2)13-27(12-15)22-11-21-19(10-20(22)25)24(28)23(14-26(21)3)32(29,30)18-7-5-17(31-4)6-8-18/h5-8,10-11,14-16H,9,12-13H2,1-4H3/t15-,16+. The molecular formula is C24H27FN2O4S. The maximum atomic E-state index is 15.2. The van der Waals surface area contributed by atoms with Crippen molar-refractivity contribution in [2.75, 3.05) is 25.1 Å². The predicted molar refractivity (Wildman–Crippen MR) is 123 cm³/mol. The second-order valence-electron chi connectivity index (χ2n) is 8.78. The number of hydrogen-bond acceptors (Lipinski definition) is 5. The van der Waals surface area contributed by atoms with Gasteiger partial charge in [0.25, 0.3) is 0 Å². The van der Waals surface area contributed by atoms with E-state index in [1.54, 1.807) is 17.7 Å². The van der Waals surface area contributed by atoms with Gasteiger partial charge in [0.1, 0.15) is 16.5 Å². The van der Waals surface area contributed by atoms with E-state index < -0.39 is 21.1 Å². The van der Waals surface area contributed by atoms with E-state index in [-0.39, 0.29) is 15.2 Å². The Labute approximate surface area is 187 Å². The fourth-order valence-electron chi connectivity index (χ4n) is 4.64. The molecule has 32 heavy (non-hydrogen) atoms. The number of aromatic nitrogens is 1. The van der Waals surface area contributed by atoms with Crippen molar-refractivity contribution in [3.63, 3.8) is 0 Å². The van der Waals surface area contributed by atoms with Crippen LogP contribution in [-0.4, -0.2) is 33.2 Å². The molecule has 1 aliphatic heterocycles. The molecule has 2 heterocycles. The van der Waals surface area contributed by atoms with Crippen LogP contribution in [0.15, 0.2) is 57.2 Å². The minimum Gasteiger partial charge on any atom is -0.497 e. The normalized spacial score (nSPS) is 19.3. The second kappa shape index (κ2) is 8.24. The molecule has 6 nitrogen and oxygen atoms in total. The smallest absolute Gasteiger partial charge is 0.211 e. The van der Waals surface area contributed by atoms with Gasteiger partial charge in [0.15, 0.2) is 0 Å². The highest BCUT2D eigenvalue weighted by atomic mass is 32.2. The van der Waals surface area contributed by atoms with Crippen molar-refractivity contribution in [3.05, 3.63) is 58.6 Å². The second-order valence-corrected chi connectivity index (χ2v) is 10.7. The average molecular weight is 459 g/mol. The van der Waals surface area contributed by atoms with Crippen molar-refractivity contribution in [2.45, 2.75) is 30.1 Å². The minimum atomic E-state index is -4.09. The number of piperidine rings is 1. The Balaban J connectivity index is 1.84.